The number of fused-ring (bicyclic) bond motifs is 1. The number of sulfonamides is 1. The molecule has 1 aromatic rings. The minimum atomic E-state index is -3.47. The lowest BCUT2D eigenvalue weighted by atomic mass is 9.92. The van der Waals surface area contributed by atoms with E-state index in [4.69, 9.17) is 5.73 Å². The number of hydrogen-bond donors (Lipinski definition) is 2. The number of nitrogens with one attached hydrogen (secondary N) is 1. The summed E-state index contributed by atoms with van der Waals surface area (Å²) in [6, 6.07) is 0.0684. The van der Waals surface area contributed by atoms with E-state index in [1.165, 1.54) is 6.20 Å². The molecule has 3 N–H and O–H groups in total. The Bertz CT molecular complexity index is 572. The molecule has 8 heteroatoms. The molecule has 0 saturated heterocycles. The van der Waals surface area contributed by atoms with Gasteiger partial charge in [0.2, 0.25) is 0 Å². The van der Waals surface area contributed by atoms with E-state index in [9.17, 15) is 8.42 Å². The average Bonchev–Trinajstić information content (AvgIpc) is 2.88. The van der Waals surface area contributed by atoms with E-state index >= 15 is 0 Å². The number of imidazole rings is 1. The first kappa shape index (κ1) is 15.8. The summed E-state index contributed by atoms with van der Waals surface area (Å²) >= 11 is 0. The number of nitrogens with zero attached hydrogens (tertiary/aromatic N) is 2. The Kier molecular flexibility index (Phi) is 4.73. The van der Waals surface area contributed by atoms with Crippen molar-refractivity contribution in [1.29, 1.82) is 0 Å². The lowest BCUT2D eigenvalue weighted by molar-refractivity contribution is 0.370. The van der Waals surface area contributed by atoms with Gasteiger partial charge in [0, 0.05) is 25.0 Å². The first-order chi connectivity index (χ1) is 9.06. The van der Waals surface area contributed by atoms with Gasteiger partial charge >= 0.3 is 0 Å². The standard InChI is InChI=1S/C12H20N4O2S.ClH/c13-9-3-1-4-10(7-9)15-19(17,18)12-8-14-11-5-2-6-16(11)12;/h8-10,15H,1-7,13H2;1H. The summed E-state index contributed by atoms with van der Waals surface area (Å²) in [7, 11) is -3.47. The van der Waals surface area contributed by atoms with Gasteiger partial charge in [-0.3, -0.25) is 0 Å². The minimum absolute atomic E-state index is 0. The van der Waals surface area contributed by atoms with Gasteiger partial charge in [0.05, 0.1) is 6.20 Å². The van der Waals surface area contributed by atoms with Crippen LogP contribution in [0.3, 0.4) is 0 Å². The lowest BCUT2D eigenvalue weighted by Gasteiger charge is -2.27. The fourth-order valence-electron chi connectivity index (χ4n) is 3.06. The molecule has 2 heterocycles. The summed E-state index contributed by atoms with van der Waals surface area (Å²) in [5, 5.41) is 0.305. The van der Waals surface area contributed by atoms with Crippen molar-refractivity contribution in [2.45, 2.75) is 62.2 Å². The van der Waals surface area contributed by atoms with E-state index in [2.05, 4.69) is 9.71 Å². The molecule has 0 bridgehead atoms. The van der Waals surface area contributed by atoms with Gasteiger partial charge in [-0.25, -0.2) is 18.1 Å². The van der Waals surface area contributed by atoms with Gasteiger partial charge in [-0.15, -0.1) is 12.4 Å². The maximum atomic E-state index is 12.4. The molecule has 20 heavy (non-hydrogen) atoms. The van der Waals surface area contributed by atoms with E-state index in [1.54, 1.807) is 0 Å². The van der Waals surface area contributed by atoms with E-state index in [-0.39, 0.29) is 24.5 Å². The first-order valence-corrected chi connectivity index (χ1v) is 8.37. The molecule has 1 aromatic heterocycles. The molecular formula is C12H21ClN4O2S. The molecule has 0 aromatic carbocycles. The smallest absolute Gasteiger partial charge is 0.258 e. The topological polar surface area (TPSA) is 90.0 Å². The summed E-state index contributed by atoms with van der Waals surface area (Å²) in [5.74, 6) is 0.876. The summed E-state index contributed by atoms with van der Waals surface area (Å²) in [5.41, 5.74) is 5.90. The third-order valence-corrected chi connectivity index (χ3v) is 5.52. The van der Waals surface area contributed by atoms with Gasteiger partial charge in [-0.05, 0) is 25.7 Å². The van der Waals surface area contributed by atoms with Crippen molar-refractivity contribution >= 4 is 22.4 Å². The molecule has 1 fully saturated rings. The first-order valence-electron chi connectivity index (χ1n) is 6.88. The van der Waals surface area contributed by atoms with Crippen LogP contribution in [-0.4, -0.2) is 30.1 Å². The third kappa shape index (κ3) is 3.00. The van der Waals surface area contributed by atoms with Gasteiger partial charge in [0.25, 0.3) is 10.0 Å². The molecule has 0 amide bonds. The van der Waals surface area contributed by atoms with Crippen LogP contribution in [0.1, 0.15) is 37.9 Å². The molecule has 6 nitrogen and oxygen atoms in total. The molecule has 2 aliphatic rings. The van der Waals surface area contributed by atoms with Crippen molar-refractivity contribution in [2.75, 3.05) is 0 Å². The van der Waals surface area contributed by atoms with Crippen LogP contribution >= 0.6 is 12.4 Å². The van der Waals surface area contributed by atoms with E-state index < -0.39 is 10.0 Å². The molecule has 3 rings (SSSR count). The van der Waals surface area contributed by atoms with Crippen LogP contribution < -0.4 is 10.5 Å². The monoisotopic (exact) mass is 320 g/mol. The van der Waals surface area contributed by atoms with Crippen molar-refractivity contribution in [1.82, 2.24) is 14.3 Å². The summed E-state index contributed by atoms with van der Waals surface area (Å²) < 4.78 is 29.4. The Labute approximate surface area is 125 Å². The fourth-order valence-corrected chi connectivity index (χ4v) is 4.51. The highest BCUT2D eigenvalue weighted by Gasteiger charge is 2.29. The van der Waals surface area contributed by atoms with Gasteiger partial charge in [0.1, 0.15) is 5.82 Å². The van der Waals surface area contributed by atoms with Crippen LogP contribution in [0.4, 0.5) is 0 Å². The van der Waals surface area contributed by atoms with Crippen molar-refractivity contribution in [2.24, 2.45) is 5.73 Å². The number of aryl methyl sites for hydroxylation is 1. The second-order valence-corrected chi connectivity index (χ2v) is 7.17. The summed E-state index contributed by atoms with van der Waals surface area (Å²) in [4.78, 5) is 4.19. The van der Waals surface area contributed by atoms with E-state index in [0.29, 0.717) is 5.03 Å². The highest BCUT2D eigenvalue weighted by atomic mass is 35.5. The zero-order valence-corrected chi connectivity index (χ0v) is 12.9. The predicted molar refractivity (Wildman–Crippen MR) is 78.3 cm³/mol. The summed E-state index contributed by atoms with van der Waals surface area (Å²) in [6.45, 7) is 0.746. The molecule has 0 radical (unpaired) electrons. The number of halogens is 1. The quantitative estimate of drug-likeness (QED) is 0.862. The van der Waals surface area contributed by atoms with Gasteiger partial charge in [-0.2, -0.15) is 0 Å². The van der Waals surface area contributed by atoms with Gasteiger partial charge in [0.15, 0.2) is 5.03 Å². The van der Waals surface area contributed by atoms with Crippen LogP contribution in [0.15, 0.2) is 11.2 Å². The van der Waals surface area contributed by atoms with Crippen molar-refractivity contribution < 1.29 is 8.42 Å². The number of nitrogens with two attached hydrogens (primary N) is 1. The average molecular weight is 321 g/mol. The Hall–Kier alpha value is -0.630. The largest absolute Gasteiger partial charge is 0.328 e. The fraction of sp³-hybridized carbons (Fsp3) is 0.750. The number of rotatable bonds is 3. The Balaban J connectivity index is 0.00000147. The van der Waals surface area contributed by atoms with E-state index in [1.807, 2.05) is 4.57 Å². The van der Waals surface area contributed by atoms with E-state index in [0.717, 1.165) is 50.9 Å². The minimum Gasteiger partial charge on any atom is -0.328 e. The second-order valence-electron chi connectivity index (χ2n) is 5.51. The zero-order chi connectivity index (χ0) is 13.5. The number of aromatic nitrogens is 2. The highest BCUT2D eigenvalue weighted by molar-refractivity contribution is 7.89. The predicted octanol–water partition coefficient (Wildman–Crippen LogP) is 0.799. The molecule has 2 atom stereocenters. The molecule has 1 saturated carbocycles. The summed E-state index contributed by atoms with van der Waals surface area (Å²) in [6.07, 6.45) is 6.87. The number of hydrogen-bond acceptors (Lipinski definition) is 4. The molecule has 114 valence electrons. The molecule has 1 aliphatic carbocycles. The van der Waals surface area contributed by atoms with Crippen molar-refractivity contribution in [3.63, 3.8) is 0 Å². The second kappa shape index (κ2) is 6.01. The molecule has 2 unspecified atom stereocenters. The highest BCUT2D eigenvalue weighted by Crippen LogP contribution is 2.22. The third-order valence-electron chi connectivity index (χ3n) is 4.00. The lowest BCUT2D eigenvalue weighted by Crippen LogP contribution is -2.42. The van der Waals surface area contributed by atoms with Crippen molar-refractivity contribution in [3.8, 4) is 0 Å². The van der Waals surface area contributed by atoms with Gasteiger partial charge < -0.3 is 10.3 Å². The Morgan fingerprint density at radius 1 is 1.35 bits per heavy atom. The normalized spacial score (nSPS) is 26.1. The molecule has 0 spiro atoms. The Morgan fingerprint density at radius 2 is 2.15 bits per heavy atom. The van der Waals surface area contributed by atoms with Crippen LogP contribution in [0, 0.1) is 0 Å². The molecular weight excluding hydrogens is 300 g/mol. The van der Waals surface area contributed by atoms with Crippen molar-refractivity contribution in [3.05, 3.63) is 12.0 Å². The maximum absolute atomic E-state index is 12.4. The van der Waals surface area contributed by atoms with Crippen LogP contribution in [0.25, 0.3) is 0 Å². The Morgan fingerprint density at radius 3 is 2.90 bits per heavy atom. The van der Waals surface area contributed by atoms with Crippen LogP contribution in [0.5, 0.6) is 0 Å². The molecule has 1 aliphatic heterocycles. The maximum Gasteiger partial charge on any atom is 0.258 e. The van der Waals surface area contributed by atoms with Crippen LogP contribution in [-0.2, 0) is 23.0 Å². The van der Waals surface area contributed by atoms with Crippen LogP contribution in [0.2, 0.25) is 0 Å². The SMILES string of the molecule is Cl.NC1CCCC(NS(=O)(=O)c2cnc3n2CCC3)C1. The zero-order valence-electron chi connectivity index (χ0n) is 11.3. The van der Waals surface area contributed by atoms with Gasteiger partial charge in [-0.1, -0.05) is 6.42 Å².